The van der Waals surface area contributed by atoms with Gasteiger partial charge in [-0.2, -0.15) is 0 Å². The monoisotopic (exact) mass is 248 g/mol. The van der Waals surface area contributed by atoms with E-state index in [1.807, 2.05) is 0 Å². The highest BCUT2D eigenvalue weighted by atomic mass is 15.3. The normalized spacial score (nSPS) is 26.2. The molecule has 1 fully saturated rings. The highest BCUT2D eigenvalue weighted by molar-refractivity contribution is 4.99. The number of hydrogen-bond donors (Lipinski definition) is 1. The van der Waals surface area contributed by atoms with E-state index in [4.69, 9.17) is 0 Å². The smallest absolute Gasteiger partial charge is 0.147 e. The zero-order valence-electron chi connectivity index (χ0n) is 11.6. The van der Waals surface area contributed by atoms with Gasteiger partial charge in [0.05, 0.1) is 6.54 Å². The highest BCUT2D eigenvalue weighted by Gasteiger charge is 2.30. The van der Waals surface area contributed by atoms with E-state index in [1.165, 1.54) is 37.9 Å². The van der Waals surface area contributed by atoms with Crippen LogP contribution in [0.1, 0.15) is 57.6 Å². The lowest BCUT2D eigenvalue weighted by Crippen LogP contribution is -2.28. The van der Waals surface area contributed by atoms with E-state index >= 15 is 0 Å². The van der Waals surface area contributed by atoms with Crippen molar-refractivity contribution in [3.63, 3.8) is 0 Å². The molecule has 1 aliphatic carbocycles. The second-order valence-corrected chi connectivity index (χ2v) is 6.63. The molecule has 18 heavy (non-hydrogen) atoms. The minimum absolute atomic E-state index is 0.516. The van der Waals surface area contributed by atoms with Gasteiger partial charge in [0.2, 0.25) is 0 Å². The van der Waals surface area contributed by atoms with Gasteiger partial charge in [-0.1, -0.05) is 13.8 Å². The molecule has 100 valence electrons. The molecular formula is C14H24N4. The summed E-state index contributed by atoms with van der Waals surface area (Å²) in [5.41, 5.74) is 0.516. The lowest BCUT2D eigenvalue weighted by Gasteiger charge is -2.19. The molecule has 1 N–H and O–H groups in total. The minimum atomic E-state index is 0.516. The van der Waals surface area contributed by atoms with Crippen LogP contribution in [0.5, 0.6) is 0 Å². The lowest BCUT2D eigenvalue weighted by molar-refractivity contribution is 0.362. The van der Waals surface area contributed by atoms with Gasteiger partial charge in [-0.15, -0.1) is 10.2 Å². The summed E-state index contributed by atoms with van der Waals surface area (Å²) in [6.45, 7) is 6.73. The fourth-order valence-corrected chi connectivity index (χ4v) is 3.35. The Morgan fingerprint density at radius 3 is 3.00 bits per heavy atom. The average Bonchev–Trinajstić information content (AvgIpc) is 2.90. The summed E-state index contributed by atoms with van der Waals surface area (Å²) in [6.07, 6.45) is 7.56. The van der Waals surface area contributed by atoms with Gasteiger partial charge in [-0.3, -0.25) is 0 Å². The van der Waals surface area contributed by atoms with Crippen LogP contribution in [0.2, 0.25) is 0 Å². The van der Waals surface area contributed by atoms with E-state index in [1.54, 1.807) is 0 Å². The standard InChI is InChI=1S/C14H24N4/c1-14(2)7-6-11(9-14)15-10-13-17-16-12-5-3-4-8-18(12)13/h11,15H,3-10H2,1-2H3. The van der Waals surface area contributed by atoms with Gasteiger partial charge in [0.25, 0.3) is 0 Å². The molecule has 4 heteroatoms. The van der Waals surface area contributed by atoms with Crippen molar-refractivity contribution in [2.24, 2.45) is 5.41 Å². The SMILES string of the molecule is CC1(C)CCC(NCc2nnc3n2CCCC3)C1. The van der Waals surface area contributed by atoms with Crippen LogP contribution in [0.3, 0.4) is 0 Å². The first kappa shape index (κ1) is 12.2. The Labute approximate surface area is 109 Å². The van der Waals surface area contributed by atoms with E-state index in [0.717, 1.165) is 25.3 Å². The Hall–Kier alpha value is -0.900. The quantitative estimate of drug-likeness (QED) is 0.892. The van der Waals surface area contributed by atoms with Crippen molar-refractivity contribution in [1.82, 2.24) is 20.1 Å². The Morgan fingerprint density at radius 1 is 1.33 bits per heavy atom. The van der Waals surface area contributed by atoms with E-state index < -0.39 is 0 Å². The summed E-state index contributed by atoms with van der Waals surface area (Å²) in [5.74, 6) is 2.32. The third-order valence-electron chi connectivity index (χ3n) is 4.45. The van der Waals surface area contributed by atoms with Crippen molar-refractivity contribution in [2.75, 3.05) is 0 Å². The molecule has 0 spiro atoms. The molecule has 1 unspecified atom stereocenters. The largest absolute Gasteiger partial charge is 0.314 e. The number of nitrogens with one attached hydrogen (secondary N) is 1. The molecule has 1 atom stereocenters. The number of aryl methyl sites for hydroxylation is 1. The Bertz CT molecular complexity index is 421. The molecule has 1 aromatic heterocycles. The zero-order chi connectivity index (χ0) is 12.6. The molecule has 0 radical (unpaired) electrons. The predicted molar refractivity (Wildman–Crippen MR) is 71.2 cm³/mol. The topological polar surface area (TPSA) is 42.7 Å². The van der Waals surface area contributed by atoms with E-state index in [0.29, 0.717) is 11.5 Å². The second-order valence-electron chi connectivity index (χ2n) is 6.63. The van der Waals surface area contributed by atoms with Crippen LogP contribution in [-0.4, -0.2) is 20.8 Å². The van der Waals surface area contributed by atoms with Crippen molar-refractivity contribution in [1.29, 1.82) is 0 Å². The van der Waals surface area contributed by atoms with Crippen LogP contribution < -0.4 is 5.32 Å². The fraction of sp³-hybridized carbons (Fsp3) is 0.857. The van der Waals surface area contributed by atoms with Crippen molar-refractivity contribution in [2.45, 2.75) is 71.5 Å². The van der Waals surface area contributed by atoms with Gasteiger partial charge >= 0.3 is 0 Å². The third-order valence-corrected chi connectivity index (χ3v) is 4.45. The molecule has 0 aromatic carbocycles. The zero-order valence-corrected chi connectivity index (χ0v) is 11.6. The van der Waals surface area contributed by atoms with Gasteiger partial charge in [-0.25, -0.2) is 0 Å². The number of aromatic nitrogens is 3. The first-order valence-corrected chi connectivity index (χ1v) is 7.28. The van der Waals surface area contributed by atoms with Crippen LogP contribution in [0.4, 0.5) is 0 Å². The Balaban J connectivity index is 1.59. The van der Waals surface area contributed by atoms with Crippen LogP contribution in [-0.2, 0) is 19.5 Å². The molecule has 0 bridgehead atoms. The van der Waals surface area contributed by atoms with E-state index in [9.17, 15) is 0 Å². The lowest BCUT2D eigenvalue weighted by atomic mass is 9.92. The molecule has 2 heterocycles. The summed E-state index contributed by atoms with van der Waals surface area (Å²) in [7, 11) is 0. The fourth-order valence-electron chi connectivity index (χ4n) is 3.35. The van der Waals surface area contributed by atoms with Crippen molar-refractivity contribution in [3.05, 3.63) is 11.6 Å². The summed E-state index contributed by atoms with van der Waals surface area (Å²) in [4.78, 5) is 0. The first-order chi connectivity index (χ1) is 8.64. The first-order valence-electron chi connectivity index (χ1n) is 7.28. The van der Waals surface area contributed by atoms with E-state index in [-0.39, 0.29) is 0 Å². The third kappa shape index (κ3) is 2.44. The van der Waals surface area contributed by atoms with Gasteiger partial charge < -0.3 is 9.88 Å². The second kappa shape index (κ2) is 4.65. The van der Waals surface area contributed by atoms with Gasteiger partial charge in [-0.05, 0) is 37.5 Å². The minimum Gasteiger partial charge on any atom is -0.314 e. The summed E-state index contributed by atoms with van der Waals surface area (Å²) >= 11 is 0. The van der Waals surface area contributed by atoms with Gasteiger partial charge in [0, 0.05) is 19.0 Å². The molecular weight excluding hydrogens is 224 g/mol. The molecule has 3 rings (SSSR count). The van der Waals surface area contributed by atoms with E-state index in [2.05, 4.69) is 33.9 Å². The van der Waals surface area contributed by atoms with Crippen LogP contribution in [0, 0.1) is 5.41 Å². The number of fused-ring (bicyclic) bond motifs is 1. The summed E-state index contributed by atoms with van der Waals surface area (Å²) < 4.78 is 2.32. The molecule has 0 amide bonds. The number of nitrogens with zero attached hydrogens (tertiary/aromatic N) is 3. The molecule has 1 aromatic rings. The molecule has 1 saturated carbocycles. The summed E-state index contributed by atoms with van der Waals surface area (Å²) in [6, 6.07) is 0.663. The maximum atomic E-state index is 4.35. The molecule has 0 saturated heterocycles. The number of rotatable bonds is 3. The van der Waals surface area contributed by atoms with Crippen LogP contribution in [0.15, 0.2) is 0 Å². The highest BCUT2D eigenvalue weighted by Crippen LogP contribution is 2.36. The predicted octanol–water partition coefficient (Wildman–Crippen LogP) is 2.28. The maximum Gasteiger partial charge on any atom is 0.147 e. The van der Waals surface area contributed by atoms with Crippen molar-refractivity contribution < 1.29 is 0 Å². The number of hydrogen-bond acceptors (Lipinski definition) is 3. The van der Waals surface area contributed by atoms with Gasteiger partial charge in [0.1, 0.15) is 11.6 Å². The molecule has 2 aliphatic rings. The Morgan fingerprint density at radius 2 is 2.22 bits per heavy atom. The summed E-state index contributed by atoms with van der Waals surface area (Å²) in [5, 5.41) is 12.3. The molecule has 4 nitrogen and oxygen atoms in total. The molecule has 1 aliphatic heterocycles. The van der Waals surface area contributed by atoms with Gasteiger partial charge in [0.15, 0.2) is 0 Å². The van der Waals surface area contributed by atoms with Crippen molar-refractivity contribution in [3.8, 4) is 0 Å². The Kier molecular flexibility index (Phi) is 3.14. The van der Waals surface area contributed by atoms with Crippen LogP contribution in [0.25, 0.3) is 0 Å². The average molecular weight is 248 g/mol. The maximum absolute atomic E-state index is 4.35. The van der Waals surface area contributed by atoms with Crippen molar-refractivity contribution >= 4 is 0 Å². The van der Waals surface area contributed by atoms with Crippen LogP contribution >= 0.6 is 0 Å².